The predicted molar refractivity (Wildman–Crippen MR) is 244 cm³/mol. The van der Waals surface area contributed by atoms with Gasteiger partial charge in [-0.2, -0.15) is 0 Å². The molecule has 0 saturated carbocycles. The fraction of sp³-hybridized carbons (Fsp3) is 0. The summed E-state index contributed by atoms with van der Waals surface area (Å²) in [4.78, 5) is 15.8. The van der Waals surface area contributed by atoms with Crippen molar-refractivity contribution < 1.29 is 4.42 Å². The minimum atomic E-state index is 0.683. The van der Waals surface area contributed by atoms with E-state index in [4.69, 9.17) is 19.4 Å². The van der Waals surface area contributed by atoms with Gasteiger partial charge in [0.15, 0.2) is 5.82 Å². The maximum absolute atomic E-state index is 6.57. The van der Waals surface area contributed by atoms with E-state index in [0.717, 1.165) is 105 Å². The third-order valence-corrected chi connectivity index (χ3v) is 11.7. The van der Waals surface area contributed by atoms with Crippen LogP contribution >= 0.6 is 0 Å². The summed E-state index contributed by atoms with van der Waals surface area (Å²) in [5.41, 5.74) is 11.8. The fourth-order valence-corrected chi connectivity index (χ4v) is 8.84. The van der Waals surface area contributed by atoms with Crippen molar-refractivity contribution in [2.45, 2.75) is 0 Å². The van der Waals surface area contributed by atoms with Crippen LogP contribution in [-0.4, -0.2) is 15.0 Å². The molecule has 0 unspecified atom stereocenters. The molecule has 274 valence electrons. The summed E-state index contributed by atoms with van der Waals surface area (Å²) in [6, 6.07) is 70.2. The zero-order valence-corrected chi connectivity index (χ0v) is 31.8. The summed E-state index contributed by atoms with van der Waals surface area (Å²) < 4.78 is 6.57. The minimum Gasteiger partial charge on any atom is -0.455 e. The number of benzene rings is 9. The highest BCUT2D eigenvalue weighted by atomic mass is 16.3. The van der Waals surface area contributed by atoms with Gasteiger partial charge in [0.1, 0.15) is 11.2 Å². The zero-order valence-electron chi connectivity index (χ0n) is 31.8. The first-order valence-corrected chi connectivity index (χ1v) is 19.9. The molecular weight excluding hydrogens is 719 g/mol. The second-order valence-corrected chi connectivity index (χ2v) is 15.1. The van der Waals surface area contributed by atoms with E-state index in [-0.39, 0.29) is 0 Å². The van der Waals surface area contributed by atoms with Gasteiger partial charge < -0.3 is 4.42 Å². The third kappa shape index (κ3) is 5.49. The highest BCUT2D eigenvalue weighted by Crippen LogP contribution is 2.41. The van der Waals surface area contributed by atoms with Crippen LogP contribution in [0, 0.1) is 0 Å². The summed E-state index contributed by atoms with van der Waals surface area (Å²) in [7, 11) is 0. The molecule has 3 heterocycles. The van der Waals surface area contributed by atoms with Gasteiger partial charge in [-0.25, -0.2) is 15.0 Å². The molecule has 0 saturated heterocycles. The Balaban J connectivity index is 0.977. The van der Waals surface area contributed by atoms with Gasteiger partial charge in [0.25, 0.3) is 0 Å². The number of fused-ring (bicyclic) bond motifs is 9. The lowest BCUT2D eigenvalue weighted by Crippen LogP contribution is -1.97. The van der Waals surface area contributed by atoms with Crippen LogP contribution in [0.5, 0.6) is 0 Å². The number of hydrogen-bond acceptors (Lipinski definition) is 4. The van der Waals surface area contributed by atoms with Crippen molar-refractivity contribution in [3.05, 3.63) is 200 Å². The van der Waals surface area contributed by atoms with E-state index in [1.165, 1.54) is 10.8 Å². The topological polar surface area (TPSA) is 51.8 Å². The summed E-state index contributed by atoms with van der Waals surface area (Å²) in [5, 5.41) is 10.1. The third-order valence-electron chi connectivity index (χ3n) is 11.7. The van der Waals surface area contributed by atoms with Crippen LogP contribution in [0.2, 0.25) is 0 Å². The Kier molecular flexibility index (Phi) is 7.50. The average Bonchev–Trinajstić information content (AvgIpc) is 3.70. The Hall–Kier alpha value is -7.95. The lowest BCUT2D eigenvalue weighted by atomic mass is 9.95. The molecule has 0 atom stereocenters. The largest absolute Gasteiger partial charge is 0.455 e. The molecule has 9 aromatic carbocycles. The minimum absolute atomic E-state index is 0.683. The van der Waals surface area contributed by atoms with Gasteiger partial charge in [0, 0.05) is 49.2 Å². The molecule has 0 amide bonds. The first-order valence-electron chi connectivity index (χ1n) is 19.9. The number of rotatable bonds is 5. The molecule has 0 aliphatic rings. The van der Waals surface area contributed by atoms with Gasteiger partial charge in [-0.15, -0.1) is 0 Å². The molecule has 0 aliphatic heterocycles. The zero-order chi connectivity index (χ0) is 38.9. The monoisotopic (exact) mass is 751 g/mol. The van der Waals surface area contributed by atoms with Crippen LogP contribution in [0.1, 0.15) is 0 Å². The number of hydrogen-bond donors (Lipinski definition) is 0. The molecule has 12 rings (SSSR count). The molecule has 3 aromatic heterocycles. The molecule has 12 aromatic rings. The van der Waals surface area contributed by atoms with E-state index >= 15 is 0 Å². The van der Waals surface area contributed by atoms with Crippen molar-refractivity contribution in [3.63, 3.8) is 0 Å². The van der Waals surface area contributed by atoms with E-state index in [9.17, 15) is 0 Å². The van der Waals surface area contributed by atoms with Gasteiger partial charge in [-0.05, 0) is 63.0 Å². The van der Waals surface area contributed by atoms with Gasteiger partial charge in [-0.1, -0.05) is 170 Å². The van der Waals surface area contributed by atoms with E-state index in [0.29, 0.717) is 5.82 Å². The van der Waals surface area contributed by atoms with E-state index in [1.807, 2.05) is 18.2 Å². The van der Waals surface area contributed by atoms with E-state index in [2.05, 4.69) is 182 Å². The lowest BCUT2D eigenvalue weighted by Gasteiger charge is -2.13. The lowest BCUT2D eigenvalue weighted by molar-refractivity contribution is 0.673. The van der Waals surface area contributed by atoms with Crippen molar-refractivity contribution >= 4 is 65.2 Å². The van der Waals surface area contributed by atoms with Gasteiger partial charge in [-0.3, -0.25) is 0 Å². The first-order chi connectivity index (χ1) is 29.2. The predicted octanol–water partition coefficient (Wildman–Crippen LogP) is 14.7. The van der Waals surface area contributed by atoms with Crippen LogP contribution in [0.3, 0.4) is 0 Å². The Morgan fingerprint density at radius 3 is 1.63 bits per heavy atom. The summed E-state index contributed by atoms with van der Waals surface area (Å²) in [6.45, 7) is 0. The van der Waals surface area contributed by atoms with Crippen LogP contribution in [0.4, 0.5) is 0 Å². The molecule has 4 heteroatoms. The van der Waals surface area contributed by atoms with Crippen LogP contribution in [0.25, 0.3) is 121 Å². The molecule has 4 nitrogen and oxygen atoms in total. The maximum Gasteiger partial charge on any atom is 0.160 e. The number of nitrogens with zero attached hydrogens (tertiary/aromatic N) is 3. The smallest absolute Gasteiger partial charge is 0.160 e. The number of pyridine rings is 1. The molecule has 0 radical (unpaired) electrons. The van der Waals surface area contributed by atoms with Crippen molar-refractivity contribution in [2.24, 2.45) is 0 Å². The van der Waals surface area contributed by atoms with E-state index < -0.39 is 0 Å². The summed E-state index contributed by atoms with van der Waals surface area (Å²) in [6.07, 6.45) is 0. The molecule has 0 N–H and O–H groups in total. The van der Waals surface area contributed by atoms with Crippen molar-refractivity contribution in [2.75, 3.05) is 0 Å². The standard InChI is InChI=1S/C55H33N3O/c1-3-18-40-35(12-1)14-10-22-42(40)49-33-50(43-23-11-15-36-13-2-4-19-41(36)43)58-55(57-49)37-28-26-34(27-29-37)38-16-9-17-39(32-38)53-47-31-30-45-44-20-6-8-25-51(44)59-54(45)52(47)46-21-5-7-24-48(46)56-53/h1-33H. The van der Waals surface area contributed by atoms with Crippen LogP contribution in [-0.2, 0) is 0 Å². The van der Waals surface area contributed by atoms with Crippen molar-refractivity contribution in [3.8, 4) is 56.3 Å². The average molecular weight is 752 g/mol. The van der Waals surface area contributed by atoms with Crippen LogP contribution in [0.15, 0.2) is 205 Å². The summed E-state index contributed by atoms with van der Waals surface area (Å²) in [5.74, 6) is 0.683. The molecule has 59 heavy (non-hydrogen) atoms. The molecule has 0 spiro atoms. The Labute approximate surface area is 339 Å². The van der Waals surface area contributed by atoms with E-state index in [1.54, 1.807) is 0 Å². The Morgan fingerprint density at radius 1 is 0.339 bits per heavy atom. The van der Waals surface area contributed by atoms with Gasteiger partial charge in [0.05, 0.1) is 22.6 Å². The molecule has 0 aliphatic carbocycles. The molecule has 0 bridgehead atoms. The normalized spacial score (nSPS) is 11.7. The van der Waals surface area contributed by atoms with Crippen molar-refractivity contribution in [1.82, 2.24) is 15.0 Å². The fourth-order valence-electron chi connectivity index (χ4n) is 8.84. The molecule has 0 fully saturated rings. The second kappa shape index (κ2) is 13.3. The summed E-state index contributed by atoms with van der Waals surface area (Å²) >= 11 is 0. The maximum atomic E-state index is 6.57. The highest BCUT2D eigenvalue weighted by Gasteiger charge is 2.18. The Bertz CT molecular complexity index is 3510. The quantitative estimate of drug-likeness (QED) is 0.164. The SMILES string of the molecule is c1cc(-c2ccc(-c3nc(-c4cccc5ccccc45)cc(-c4cccc5ccccc45)n3)cc2)cc(-c2nc3ccccc3c3c2ccc2c4ccccc4oc23)c1. The second-order valence-electron chi connectivity index (χ2n) is 15.1. The Morgan fingerprint density at radius 2 is 0.898 bits per heavy atom. The molecular formula is C55H33N3O. The number of furan rings is 1. The van der Waals surface area contributed by atoms with Gasteiger partial charge >= 0.3 is 0 Å². The number of aromatic nitrogens is 3. The van der Waals surface area contributed by atoms with Crippen LogP contribution < -0.4 is 0 Å². The van der Waals surface area contributed by atoms with Gasteiger partial charge in [0.2, 0.25) is 0 Å². The highest BCUT2D eigenvalue weighted by molar-refractivity contribution is 6.24. The number of para-hydroxylation sites is 2. The van der Waals surface area contributed by atoms with Crippen molar-refractivity contribution in [1.29, 1.82) is 0 Å². The first kappa shape index (κ1) is 33.2.